The molecule has 96 valence electrons. The first-order valence-electron chi connectivity index (χ1n) is 7.17. The molecule has 0 heterocycles. The molecule has 0 aliphatic heterocycles. The molecule has 0 bridgehead atoms. The Bertz CT molecular complexity index is 629. The molecule has 0 heteroatoms. The molecule has 2 aliphatic carbocycles. The molecule has 0 nitrogen and oxygen atoms in total. The number of fused-ring (bicyclic) bond motifs is 2. The highest BCUT2D eigenvalue weighted by Crippen LogP contribution is 2.43. The van der Waals surface area contributed by atoms with Gasteiger partial charge in [0.1, 0.15) is 0 Å². The summed E-state index contributed by atoms with van der Waals surface area (Å²) in [5, 5.41) is 0. The van der Waals surface area contributed by atoms with E-state index in [-0.39, 0.29) is 0 Å². The van der Waals surface area contributed by atoms with Crippen molar-refractivity contribution in [1.82, 2.24) is 0 Å². The molecule has 2 aliphatic rings. The van der Waals surface area contributed by atoms with Gasteiger partial charge in [0.25, 0.3) is 0 Å². The van der Waals surface area contributed by atoms with Crippen molar-refractivity contribution in [1.29, 1.82) is 0 Å². The molecule has 2 aromatic carbocycles. The maximum Gasteiger partial charge on any atom is 0.0211 e. The second-order valence-electron chi connectivity index (χ2n) is 5.34. The zero-order valence-corrected chi connectivity index (χ0v) is 11.3. The van der Waals surface area contributed by atoms with E-state index in [1.165, 1.54) is 34.1 Å². The van der Waals surface area contributed by atoms with Gasteiger partial charge in [0.15, 0.2) is 0 Å². The van der Waals surface area contributed by atoms with Gasteiger partial charge in [0.2, 0.25) is 0 Å². The summed E-state index contributed by atoms with van der Waals surface area (Å²) in [6.07, 6.45) is 11.1. The van der Waals surface area contributed by atoms with Gasteiger partial charge >= 0.3 is 0 Å². The topological polar surface area (TPSA) is 0 Å². The smallest absolute Gasteiger partial charge is 0.0211 e. The molecule has 0 saturated carbocycles. The molecule has 0 aromatic heterocycles. The molecule has 2 radical (unpaired) electrons. The molecular weight excluding hydrogens is 240 g/mol. The van der Waals surface area contributed by atoms with Crippen LogP contribution in [-0.2, 0) is 0 Å². The summed E-state index contributed by atoms with van der Waals surface area (Å²) in [5.74, 6) is 2.97. The van der Waals surface area contributed by atoms with E-state index < -0.39 is 0 Å². The Kier molecular flexibility index (Phi) is 2.81. The van der Waals surface area contributed by atoms with E-state index in [2.05, 4.69) is 72.8 Å². The fraction of sp³-hybridized carbons (Fsp3) is 0.100. The Labute approximate surface area is 120 Å². The summed E-state index contributed by atoms with van der Waals surface area (Å²) in [6.45, 7) is 0. The van der Waals surface area contributed by atoms with E-state index in [0.29, 0.717) is 0 Å². The summed E-state index contributed by atoms with van der Waals surface area (Å²) in [4.78, 5) is 0. The van der Waals surface area contributed by atoms with E-state index in [1.807, 2.05) is 0 Å². The highest BCUT2D eigenvalue weighted by molar-refractivity contribution is 5.71. The molecule has 0 amide bonds. The van der Waals surface area contributed by atoms with E-state index in [9.17, 15) is 0 Å². The number of hydrogen-bond donors (Lipinski definition) is 0. The molecule has 0 unspecified atom stereocenters. The van der Waals surface area contributed by atoms with Gasteiger partial charge in [-0.25, -0.2) is 0 Å². The fourth-order valence-corrected chi connectivity index (χ4v) is 3.23. The molecule has 20 heavy (non-hydrogen) atoms. The normalized spacial score (nSPS) is 17.8. The molecule has 0 N–H and O–H groups in total. The van der Waals surface area contributed by atoms with E-state index in [1.54, 1.807) is 0 Å². The highest BCUT2D eigenvalue weighted by atomic mass is 14.3. The van der Waals surface area contributed by atoms with E-state index in [4.69, 9.17) is 0 Å². The summed E-state index contributed by atoms with van der Waals surface area (Å²) < 4.78 is 0. The van der Waals surface area contributed by atoms with Crippen LogP contribution in [0.15, 0.2) is 60.7 Å². The molecule has 2 aromatic rings. The maximum absolute atomic E-state index is 2.28. The van der Waals surface area contributed by atoms with E-state index >= 15 is 0 Å². The van der Waals surface area contributed by atoms with Crippen molar-refractivity contribution < 1.29 is 0 Å². The third-order valence-corrected chi connectivity index (χ3v) is 4.17. The molecule has 4 rings (SSSR count). The molecular formula is C20H16. The van der Waals surface area contributed by atoms with Crippen LogP contribution in [0.1, 0.15) is 35.1 Å². The maximum atomic E-state index is 2.28. The molecule has 0 fully saturated rings. The quantitative estimate of drug-likeness (QED) is 0.668. The average Bonchev–Trinajstić information content (AvgIpc) is 2.54. The van der Waals surface area contributed by atoms with Gasteiger partial charge in [-0.15, -0.1) is 0 Å². The Morgan fingerprint density at radius 1 is 0.550 bits per heavy atom. The number of benzene rings is 2. The average molecular weight is 256 g/mol. The summed E-state index contributed by atoms with van der Waals surface area (Å²) in [7, 11) is 0. The lowest BCUT2D eigenvalue weighted by atomic mass is 9.72. The van der Waals surface area contributed by atoms with Crippen LogP contribution in [-0.4, -0.2) is 0 Å². The lowest BCUT2D eigenvalue weighted by Gasteiger charge is -2.31. The van der Waals surface area contributed by atoms with Crippen LogP contribution < -0.4 is 0 Å². The molecule has 0 spiro atoms. The van der Waals surface area contributed by atoms with Crippen molar-refractivity contribution in [2.45, 2.75) is 12.8 Å². The second kappa shape index (κ2) is 4.79. The predicted molar refractivity (Wildman–Crippen MR) is 84.9 cm³/mol. The van der Waals surface area contributed by atoms with Crippen LogP contribution >= 0.6 is 0 Å². The minimum absolute atomic E-state index is 1.04. The van der Waals surface area contributed by atoms with Gasteiger partial charge in [0.05, 0.1) is 0 Å². The van der Waals surface area contributed by atoms with E-state index in [0.717, 1.165) is 12.8 Å². The minimum atomic E-state index is 1.04. The zero-order valence-electron chi connectivity index (χ0n) is 11.3. The van der Waals surface area contributed by atoms with Crippen LogP contribution in [0.5, 0.6) is 0 Å². The van der Waals surface area contributed by atoms with Crippen LogP contribution in [0.2, 0.25) is 0 Å². The van der Waals surface area contributed by atoms with Crippen LogP contribution in [0, 0.1) is 11.8 Å². The second-order valence-corrected chi connectivity index (χ2v) is 5.34. The van der Waals surface area contributed by atoms with Crippen molar-refractivity contribution in [3.05, 3.63) is 94.8 Å². The lowest BCUT2D eigenvalue weighted by molar-refractivity contribution is 0.884. The van der Waals surface area contributed by atoms with Gasteiger partial charge in [-0.3, -0.25) is 0 Å². The Morgan fingerprint density at radius 3 is 1.50 bits per heavy atom. The summed E-state index contributed by atoms with van der Waals surface area (Å²) >= 11 is 0. The van der Waals surface area contributed by atoms with Gasteiger partial charge in [-0.05, 0) is 35.1 Å². The van der Waals surface area contributed by atoms with Crippen molar-refractivity contribution in [2.75, 3.05) is 0 Å². The zero-order chi connectivity index (χ0) is 13.4. The third-order valence-electron chi connectivity index (χ3n) is 4.17. The van der Waals surface area contributed by atoms with Crippen LogP contribution in [0.3, 0.4) is 0 Å². The summed E-state index contributed by atoms with van der Waals surface area (Å²) in [6, 6.07) is 17.4. The number of allylic oxidation sites excluding steroid dienone is 2. The first kappa shape index (κ1) is 11.7. The SMILES string of the molecule is C1=Cc2ccccc2[C]([C]2CC=Cc3ccccc32)C1. The van der Waals surface area contributed by atoms with Crippen molar-refractivity contribution in [3.63, 3.8) is 0 Å². The Balaban J connectivity index is 1.80. The highest BCUT2D eigenvalue weighted by Gasteiger charge is 2.29. The number of hydrogen-bond acceptors (Lipinski definition) is 0. The third kappa shape index (κ3) is 1.84. The minimum Gasteiger partial charge on any atom is -0.0830 e. The van der Waals surface area contributed by atoms with Crippen molar-refractivity contribution in [3.8, 4) is 0 Å². The first-order chi connectivity index (χ1) is 9.93. The first-order valence-corrected chi connectivity index (χ1v) is 7.17. The van der Waals surface area contributed by atoms with Crippen molar-refractivity contribution >= 4 is 12.2 Å². The largest absolute Gasteiger partial charge is 0.0830 e. The summed E-state index contributed by atoms with van der Waals surface area (Å²) in [5.41, 5.74) is 5.48. The van der Waals surface area contributed by atoms with Crippen LogP contribution in [0.25, 0.3) is 12.2 Å². The Morgan fingerprint density at radius 2 is 1.00 bits per heavy atom. The predicted octanol–water partition coefficient (Wildman–Crippen LogP) is 5.07. The monoisotopic (exact) mass is 256 g/mol. The van der Waals surface area contributed by atoms with Gasteiger partial charge in [0, 0.05) is 11.8 Å². The molecule has 0 saturated heterocycles. The Hall–Kier alpha value is -2.08. The van der Waals surface area contributed by atoms with Crippen LogP contribution in [0.4, 0.5) is 0 Å². The molecule has 0 atom stereocenters. The van der Waals surface area contributed by atoms with Gasteiger partial charge in [-0.1, -0.05) is 72.8 Å². The fourth-order valence-electron chi connectivity index (χ4n) is 3.23. The number of rotatable bonds is 1. The lowest BCUT2D eigenvalue weighted by Crippen LogP contribution is -2.17. The van der Waals surface area contributed by atoms with Gasteiger partial charge < -0.3 is 0 Å². The van der Waals surface area contributed by atoms with Gasteiger partial charge in [-0.2, -0.15) is 0 Å². The standard InChI is InChI=1S/C20H16/c1-3-11-17-15(7-1)9-5-13-19(17)20-14-6-10-16-8-2-4-12-18(16)20/h1-12H,13-14H2. The van der Waals surface area contributed by atoms with Crippen molar-refractivity contribution in [2.24, 2.45) is 0 Å².